The SMILES string of the molecule is O=C(N[C@H]1CCC[C@H]1NC(=O)c1ccccc1Cl)c1ccc(-n2ccccc2=O)cc1. The summed E-state index contributed by atoms with van der Waals surface area (Å²) >= 11 is 6.12. The van der Waals surface area contributed by atoms with Gasteiger partial charge in [-0.2, -0.15) is 0 Å². The highest BCUT2D eigenvalue weighted by molar-refractivity contribution is 6.33. The molecule has 0 saturated heterocycles. The van der Waals surface area contributed by atoms with E-state index < -0.39 is 0 Å². The van der Waals surface area contributed by atoms with Crippen molar-refractivity contribution < 1.29 is 9.59 Å². The van der Waals surface area contributed by atoms with Gasteiger partial charge >= 0.3 is 0 Å². The Morgan fingerprint density at radius 3 is 2.16 bits per heavy atom. The Hall–Kier alpha value is -3.38. The van der Waals surface area contributed by atoms with Crippen LogP contribution in [0.1, 0.15) is 40.0 Å². The molecule has 1 aliphatic rings. The van der Waals surface area contributed by atoms with Gasteiger partial charge in [-0.15, -0.1) is 0 Å². The van der Waals surface area contributed by atoms with Gasteiger partial charge in [-0.25, -0.2) is 0 Å². The lowest BCUT2D eigenvalue weighted by Gasteiger charge is -2.22. The third-order valence-corrected chi connectivity index (χ3v) is 5.83. The zero-order chi connectivity index (χ0) is 21.8. The van der Waals surface area contributed by atoms with E-state index in [1.165, 1.54) is 10.6 Å². The van der Waals surface area contributed by atoms with Crippen LogP contribution in [-0.2, 0) is 0 Å². The number of halogens is 1. The maximum atomic E-state index is 12.8. The lowest BCUT2D eigenvalue weighted by Crippen LogP contribution is -2.48. The first kappa shape index (κ1) is 20.9. The van der Waals surface area contributed by atoms with Crippen molar-refractivity contribution >= 4 is 23.4 Å². The predicted molar refractivity (Wildman–Crippen MR) is 120 cm³/mol. The molecule has 2 atom stereocenters. The zero-order valence-electron chi connectivity index (χ0n) is 16.8. The van der Waals surface area contributed by atoms with Crippen LogP contribution in [0.25, 0.3) is 5.69 Å². The highest BCUT2D eigenvalue weighted by Crippen LogP contribution is 2.22. The number of nitrogens with one attached hydrogen (secondary N) is 2. The van der Waals surface area contributed by atoms with E-state index in [0.717, 1.165) is 19.3 Å². The van der Waals surface area contributed by atoms with E-state index >= 15 is 0 Å². The highest BCUT2D eigenvalue weighted by atomic mass is 35.5. The molecule has 2 amide bonds. The van der Waals surface area contributed by atoms with Crippen molar-refractivity contribution in [1.82, 2.24) is 15.2 Å². The number of aromatic nitrogens is 1. The summed E-state index contributed by atoms with van der Waals surface area (Å²) in [7, 11) is 0. The largest absolute Gasteiger partial charge is 0.347 e. The molecule has 31 heavy (non-hydrogen) atoms. The monoisotopic (exact) mass is 435 g/mol. The molecular formula is C24H22ClN3O3. The molecule has 1 heterocycles. The fourth-order valence-electron chi connectivity index (χ4n) is 3.86. The van der Waals surface area contributed by atoms with Gasteiger partial charge in [0, 0.05) is 35.6 Å². The van der Waals surface area contributed by atoms with E-state index in [-0.39, 0.29) is 29.5 Å². The molecule has 1 fully saturated rings. The summed E-state index contributed by atoms with van der Waals surface area (Å²) in [4.78, 5) is 37.3. The Morgan fingerprint density at radius 1 is 0.839 bits per heavy atom. The second-order valence-electron chi connectivity index (χ2n) is 7.53. The van der Waals surface area contributed by atoms with Crippen molar-refractivity contribution in [3.8, 4) is 5.69 Å². The van der Waals surface area contributed by atoms with Crippen LogP contribution >= 0.6 is 11.6 Å². The number of carbonyl (C=O) groups excluding carboxylic acids is 2. The standard InChI is InChI=1S/C24H22ClN3O3/c25-19-7-2-1-6-18(19)24(31)27-21-9-5-8-20(21)26-23(30)16-11-13-17(14-12-16)28-15-4-3-10-22(28)29/h1-4,6-7,10-15,20-21H,5,8-9H2,(H,26,30)(H,27,31)/t20-,21+/m0/s1. The van der Waals surface area contributed by atoms with Crippen molar-refractivity contribution in [2.75, 3.05) is 0 Å². The Labute approximate surface area is 184 Å². The summed E-state index contributed by atoms with van der Waals surface area (Å²) in [6.07, 6.45) is 4.17. The van der Waals surface area contributed by atoms with Gasteiger partial charge in [0.15, 0.2) is 0 Å². The van der Waals surface area contributed by atoms with Gasteiger partial charge in [0.2, 0.25) is 0 Å². The summed E-state index contributed by atoms with van der Waals surface area (Å²) in [5, 5.41) is 6.43. The Balaban J connectivity index is 1.42. The molecule has 1 aliphatic carbocycles. The molecule has 0 radical (unpaired) electrons. The van der Waals surface area contributed by atoms with Crippen molar-refractivity contribution in [3.63, 3.8) is 0 Å². The van der Waals surface area contributed by atoms with Crippen molar-refractivity contribution in [2.45, 2.75) is 31.3 Å². The second-order valence-corrected chi connectivity index (χ2v) is 7.93. The van der Waals surface area contributed by atoms with Crippen LogP contribution in [0.2, 0.25) is 5.02 Å². The van der Waals surface area contributed by atoms with Crippen molar-refractivity contribution in [1.29, 1.82) is 0 Å². The maximum Gasteiger partial charge on any atom is 0.255 e. The Kier molecular flexibility index (Phi) is 6.18. The fourth-order valence-corrected chi connectivity index (χ4v) is 4.08. The number of carbonyl (C=O) groups is 2. The molecule has 4 rings (SSSR count). The molecule has 2 aromatic carbocycles. The van der Waals surface area contributed by atoms with Crippen molar-refractivity contribution in [3.05, 3.63) is 99.4 Å². The molecular weight excluding hydrogens is 414 g/mol. The molecule has 3 aromatic rings. The first-order valence-corrected chi connectivity index (χ1v) is 10.5. The molecule has 7 heteroatoms. The fraction of sp³-hybridized carbons (Fsp3) is 0.208. The van der Waals surface area contributed by atoms with E-state index in [1.54, 1.807) is 66.9 Å². The van der Waals surface area contributed by atoms with Gasteiger partial charge in [-0.3, -0.25) is 19.0 Å². The van der Waals surface area contributed by atoms with Crippen LogP contribution in [0.15, 0.2) is 77.7 Å². The third-order valence-electron chi connectivity index (χ3n) is 5.50. The first-order valence-electron chi connectivity index (χ1n) is 10.2. The molecule has 2 N–H and O–H groups in total. The van der Waals surface area contributed by atoms with Crippen LogP contribution in [0.5, 0.6) is 0 Å². The van der Waals surface area contributed by atoms with Gasteiger partial charge in [0.05, 0.1) is 10.6 Å². The molecule has 0 aliphatic heterocycles. The topological polar surface area (TPSA) is 80.2 Å². The zero-order valence-corrected chi connectivity index (χ0v) is 17.5. The molecule has 1 aromatic heterocycles. The minimum atomic E-state index is -0.241. The van der Waals surface area contributed by atoms with Gasteiger partial charge in [-0.1, -0.05) is 29.8 Å². The van der Waals surface area contributed by atoms with E-state index in [2.05, 4.69) is 10.6 Å². The summed E-state index contributed by atoms with van der Waals surface area (Å²) in [6.45, 7) is 0. The summed E-state index contributed by atoms with van der Waals surface area (Å²) in [5.41, 5.74) is 1.47. The van der Waals surface area contributed by atoms with Crippen LogP contribution in [-0.4, -0.2) is 28.5 Å². The number of nitrogens with zero attached hydrogens (tertiary/aromatic N) is 1. The number of rotatable bonds is 5. The minimum Gasteiger partial charge on any atom is -0.347 e. The van der Waals surface area contributed by atoms with Crippen molar-refractivity contribution in [2.24, 2.45) is 0 Å². The van der Waals surface area contributed by atoms with Gasteiger partial charge in [0.25, 0.3) is 17.4 Å². The van der Waals surface area contributed by atoms with Crippen LogP contribution < -0.4 is 16.2 Å². The summed E-state index contributed by atoms with van der Waals surface area (Å²) < 4.78 is 1.51. The minimum absolute atomic E-state index is 0.136. The highest BCUT2D eigenvalue weighted by Gasteiger charge is 2.30. The number of pyridine rings is 1. The van der Waals surface area contributed by atoms with Gasteiger partial charge < -0.3 is 10.6 Å². The quantitative estimate of drug-likeness (QED) is 0.643. The number of hydrogen-bond donors (Lipinski definition) is 2. The van der Waals surface area contributed by atoms with Gasteiger partial charge in [0.1, 0.15) is 0 Å². The number of amides is 2. The lowest BCUT2D eigenvalue weighted by atomic mass is 10.1. The molecule has 0 spiro atoms. The molecule has 1 saturated carbocycles. The molecule has 158 valence electrons. The number of hydrogen-bond acceptors (Lipinski definition) is 3. The molecule has 0 bridgehead atoms. The first-order chi connectivity index (χ1) is 15.0. The third kappa shape index (κ3) is 4.70. The van der Waals surface area contributed by atoms with E-state index in [9.17, 15) is 14.4 Å². The lowest BCUT2D eigenvalue weighted by molar-refractivity contribution is 0.0892. The number of benzene rings is 2. The van der Waals surface area contributed by atoms with E-state index in [1.807, 2.05) is 0 Å². The van der Waals surface area contributed by atoms with Crippen LogP contribution in [0.3, 0.4) is 0 Å². The molecule has 6 nitrogen and oxygen atoms in total. The maximum absolute atomic E-state index is 12.8. The van der Waals surface area contributed by atoms with Crippen LogP contribution in [0, 0.1) is 0 Å². The van der Waals surface area contributed by atoms with Crippen LogP contribution in [0.4, 0.5) is 0 Å². The van der Waals surface area contributed by atoms with E-state index in [4.69, 9.17) is 11.6 Å². The smallest absolute Gasteiger partial charge is 0.255 e. The van der Waals surface area contributed by atoms with E-state index in [0.29, 0.717) is 21.8 Å². The predicted octanol–water partition coefficient (Wildman–Crippen LogP) is 3.57. The Bertz CT molecular complexity index is 1160. The molecule has 0 unspecified atom stereocenters. The second kappa shape index (κ2) is 9.18. The average Bonchev–Trinajstić information content (AvgIpc) is 3.21. The average molecular weight is 436 g/mol. The normalized spacial score (nSPS) is 17.8. The summed E-state index contributed by atoms with van der Waals surface area (Å²) in [6, 6.07) is 18.4. The Morgan fingerprint density at radius 2 is 1.48 bits per heavy atom. The summed E-state index contributed by atoms with van der Waals surface area (Å²) in [5.74, 6) is -0.453. The van der Waals surface area contributed by atoms with Gasteiger partial charge in [-0.05, 0) is 61.7 Å².